The van der Waals surface area contributed by atoms with Gasteiger partial charge in [-0.05, 0) is 67.4 Å². The lowest BCUT2D eigenvalue weighted by molar-refractivity contribution is 0.405. The van der Waals surface area contributed by atoms with Crippen molar-refractivity contribution < 1.29 is 0 Å². The molecule has 1 aliphatic rings. The van der Waals surface area contributed by atoms with Crippen LogP contribution in [-0.4, -0.2) is 33.3 Å². The average molecular weight is 412 g/mol. The van der Waals surface area contributed by atoms with Crippen LogP contribution in [0.3, 0.4) is 0 Å². The van der Waals surface area contributed by atoms with Gasteiger partial charge in [0.05, 0.1) is 6.54 Å². The molecule has 3 unspecified atom stereocenters. The van der Waals surface area contributed by atoms with Crippen LogP contribution in [0.5, 0.6) is 0 Å². The van der Waals surface area contributed by atoms with Gasteiger partial charge in [0.25, 0.3) is 0 Å². The maximum absolute atomic E-state index is 4.61. The van der Waals surface area contributed by atoms with Crippen molar-refractivity contribution in [2.24, 2.45) is 5.92 Å². The van der Waals surface area contributed by atoms with E-state index in [4.69, 9.17) is 0 Å². The van der Waals surface area contributed by atoms with Gasteiger partial charge in [-0.15, -0.1) is 28.7 Å². The van der Waals surface area contributed by atoms with Crippen molar-refractivity contribution in [3.63, 3.8) is 0 Å². The van der Waals surface area contributed by atoms with E-state index in [1.165, 1.54) is 5.56 Å². The average Bonchev–Trinajstić information content (AvgIpc) is 3.34. The van der Waals surface area contributed by atoms with E-state index in [1.54, 1.807) is 4.80 Å². The predicted octanol–water partition coefficient (Wildman–Crippen LogP) is 3.62. The van der Waals surface area contributed by atoms with Crippen molar-refractivity contribution >= 4 is 29.9 Å². The molecule has 1 aromatic heterocycles. The Labute approximate surface area is 170 Å². The molecule has 3 atom stereocenters. The highest BCUT2D eigenvalue weighted by atomic mass is 31.1. The highest BCUT2D eigenvalue weighted by molar-refractivity contribution is 7.38. The molecule has 8 heteroatoms. The molecule has 146 valence electrons. The lowest BCUT2D eigenvalue weighted by Crippen LogP contribution is -2.16. The lowest BCUT2D eigenvalue weighted by atomic mass is 10.1. The van der Waals surface area contributed by atoms with Crippen molar-refractivity contribution in [3.8, 4) is 11.4 Å². The van der Waals surface area contributed by atoms with Gasteiger partial charge in [-0.2, -0.15) is 4.80 Å². The standard InChI is InChI=1S/C20H26N6P2/c1-20(27,28)15-6-8-16(9-7-15)22-18-5-3-2-4-17(18)19-23-25-26(24-19)13-14-10-11-21-12-14/h2-9,14,21-22H,10-13,27-28H2,1H3. The van der Waals surface area contributed by atoms with Gasteiger partial charge < -0.3 is 10.6 Å². The minimum absolute atomic E-state index is 0.0201. The van der Waals surface area contributed by atoms with Crippen molar-refractivity contribution in [1.29, 1.82) is 0 Å². The number of benzene rings is 2. The maximum Gasteiger partial charge on any atom is 0.207 e. The number of tetrazole rings is 1. The summed E-state index contributed by atoms with van der Waals surface area (Å²) in [6.45, 7) is 5.05. The number of para-hydroxylation sites is 1. The first-order valence-corrected chi connectivity index (χ1v) is 10.7. The Balaban J connectivity index is 1.53. The highest BCUT2D eigenvalue weighted by Gasteiger charge is 2.18. The SMILES string of the molecule is CC(P)(P)c1ccc(Nc2ccccc2-c2nnn(CC3CCNC3)n2)cc1. The van der Waals surface area contributed by atoms with Crippen LogP contribution in [0.2, 0.25) is 0 Å². The number of nitrogens with zero attached hydrogens (tertiary/aromatic N) is 4. The van der Waals surface area contributed by atoms with Crippen LogP contribution in [0.25, 0.3) is 11.4 Å². The minimum Gasteiger partial charge on any atom is -0.355 e. The fourth-order valence-corrected chi connectivity index (χ4v) is 3.77. The van der Waals surface area contributed by atoms with Gasteiger partial charge in [-0.25, -0.2) is 0 Å². The zero-order valence-corrected chi connectivity index (χ0v) is 18.3. The molecule has 0 saturated carbocycles. The zero-order valence-electron chi connectivity index (χ0n) is 16.0. The summed E-state index contributed by atoms with van der Waals surface area (Å²) in [5.41, 5.74) is 4.19. The molecule has 2 heterocycles. The van der Waals surface area contributed by atoms with Gasteiger partial charge in [0.1, 0.15) is 0 Å². The van der Waals surface area contributed by atoms with E-state index in [9.17, 15) is 0 Å². The third-order valence-electron chi connectivity index (χ3n) is 4.99. The summed E-state index contributed by atoms with van der Waals surface area (Å²) in [4.78, 5) is 1.70. The third kappa shape index (κ3) is 4.57. The Kier molecular flexibility index (Phi) is 5.73. The molecule has 0 bridgehead atoms. The van der Waals surface area contributed by atoms with Crippen LogP contribution >= 0.6 is 18.5 Å². The van der Waals surface area contributed by atoms with E-state index in [1.807, 2.05) is 24.3 Å². The van der Waals surface area contributed by atoms with Crippen LogP contribution in [0.1, 0.15) is 18.9 Å². The van der Waals surface area contributed by atoms with Gasteiger partial charge in [0, 0.05) is 21.8 Å². The Bertz CT molecular complexity index is 926. The van der Waals surface area contributed by atoms with Gasteiger partial charge >= 0.3 is 0 Å². The van der Waals surface area contributed by atoms with Gasteiger partial charge in [-0.1, -0.05) is 24.3 Å². The molecule has 2 aromatic carbocycles. The number of aromatic nitrogens is 4. The fraction of sp³-hybridized carbons (Fsp3) is 0.350. The molecule has 1 fully saturated rings. The number of nitrogens with one attached hydrogen (secondary N) is 2. The molecule has 28 heavy (non-hydrogen) atoms. The van der Waals surface area contributed by atoms with Crippen LogP contribution < -0.4 is 10.6 Å². The van der Waals surface area contributed by atoms with Crippen molar-refractivity contribution in [2.45, 2.75) is 24.8 Å². The summed E-state index contributed by atoms with van der Waals surface area (Å²) >= 11 is 0. The van der Waals surface area contributed by atoms with Gasteiger partial charge in [-0.3, -0.25) is 0 Å². The van der Waals surface area contributed by atoms with Crippen molar-refractivity contribution in [2.75, 3.05) is 18.4 Å². The van der Waals surface area contributed by atoms with Gasteiger partial charge in [0.15, 0.2) is 0 Å². The summed E-state index contributed by atoms with van der Waals surface area (Å²) in [6, 6.07) is 16.5. The van der Waals surface area contributed by atoms with Gasteiger partial charge in [0.2, 0.25) is 5.82 Å². The first-order valence-electron chi connectivity index (χ1n) is 9.52. The maximum atomic E-state index is 4.61. The van der Waals surface area contributed by atoms with E-state index in [0.717, 1.165) is 43.0 Å². The van der Waals surface area contributed by atoms with Crippen LogP contribution in [0.15, 0.2) is 48.5 Å². The van der Waals surface area contributed by atoms with E-state index in [0.29, 0.717) is 11.7 Å². The summed E-state index contributed by atoms with van der Waals surface area (Å²) < 4.78 is 0. The zero-order chi connectivity index (χ0) is 19.6. The quantitative estimate of drug-likeness (QED) is 0.606. The Hall–Kier alpha value is -1.87. The predicted molar refractivity (Wildman–Crippen MR) is 121 cm³/mol. The second kappa shape index (κ2) is 8.24. The smallest absolute Gasteiger partial charge is 0.207 e. The third-order valence-corrected chi connectivity index (χ3v) is 5.66. The minimum atomic E-state index is -0.0201. The summed E-state index contributed by atoms with van der Waals surface area (Å²) in [5.74, 6) is 1.22. The molecule has 0 aliphatic carbocycles. The lowest BCUT2D eigenvalue weighted by Gasteiger charge is -2.19. The summed E-state index contributed by atoms with van der Waals surface area (Å²) in [7, 11) is 5.69. The second-order valence-corrected chi connectivity index (χ2v) is 10.6. The Morgan fingerprint density at radius 3 is 2.68 bits per heavy atom. The molecule has 4 rings (SSSR count). The Morgan fingerprint density at radius 1 is 1.18 bits per heavy atom. The monoisotopic (exact) mass is 412 g/mol. The van der Waals surface area contributed by atoms with Crippen LogP contribution in [-0.2, 0) is 11.4 Å². The fourth-order valence-electron chi connectivity index (χ4n) is 3.38. The van der Waals surface area contributed by atoms with Crippen molar-refractivity contribution in [1.82, 2.24) is 25.5 Å². The number of hydrogen-bond donors (Lipinski definition) is 2. The first-order chi connectivity index (χ1) is 13.5. The Morgan fingerprint density at radius 2 is 1.96 bits per heavy atom. The summed E-state index contributed by atoms with van der Waals surface area (Å²) in [6.07, 6.45) is 1.16. The molecule has 6 nitrogen and oxygen atoms in total. The molecule has 0 amide bonds. The molecule has 1 aliphatic heterocycles. The highest BCUT2D eigenvalue weighted by Crippen LogP contribution is 2.38. The van der Waals surface area contributed by atoms with E-state index < -0.39 is 0 Å². The van der Waals surface area contributed by atoms with E-state index >= 15 is 0 Å². The molecule has 0 radical (unpaired) electrons. The molecule has 1 saturated heterocycles. The largest absolute Gasteiger partial charge is 0.355 e. The summed E-state index contributed by atoms with van der Waals surface area (Å²) in [5, 5.41) is 20.0. The van der Waals surface area contributed by atoms with Crippen molar-refractivity contribution in [3.05, 3.63) is 54.1 Å². The molecule has 2 N–H and O–H groups in total. The second-order valence-electron chi connectivity index (χ2n) is 7.56. The molecule has 0 spiro atoms. The van der Waals surface area contributed by atoms with Crippen LogP contribution in [0.4, 0.5) is 11.4 Å². The molecule has 3 aromatic rings. The normalized spacial score (nSPS) is 17.0. The molecular weight excluding hydrogens is 386 g/mol. The van der Waals surface area contributed by atoms with E-state index in [2.05, 4.69) is 75.7 Å². The topological polar surface area (TPSA) is 67.7 Å². The van der Waals surface area contributed by atoms with Crippen LogP contribution in [0, 0.1) is 5.92 Å². The number of anilines is 2. The number of rotatable bonds is 6. The molecular formula is C20H26N6P2. The number of hydrogen-bond acceptors (Lipinski definition) is 5. The van der Waals surface area contributed by atoms with E-state index in [-0.39, 0.29) is 4.90 Å². The first kappa shape index (κ1) is 19.4.